The summed E-state index contributed by atoms with van der Waals surface area (Å²) in [6.45, 7) is 1.86. The Labute approximate surface area is 225 Å². The van der Waals surface area contributed by atoms with E-state index in [0.717, 1.165) is 27.7 Å². The average Bonchev–Trinajstić information content (AvgIpc) is 3.49. The average molecular weight is 547 g/mol. The molecule has 0 aliphatic carbocycles. The summed E-state index contributed by atoms with van der Waals surface area (Å²) in [6, 6.07) is 23.7. The van der Waals surface area contributed by atoms with Gasteiger partial charge in [-0.15, -0.1) is 11.3 Å². The summed E-state index contributed by atoms with van der Waals surface area (Å²) in [5.41, 5.74) is 1.83. The maximum absolute atomic E-state index is 13.3. The third kappa shape index (κ3) is 4.99. The molecule has 190 valence electrons. The number of rotatable bonds is 7. The molecule has 38 heavy (non-hydrogen) atoms. The standard InChI is InChI=1S/C27H19ClN4O5S/c1-16-20-15-23(38-26(20)31(30-16)19-10-6-3-7-11-19)27(34)37-24(17-8-4-2-5-9-17)25(33)29-18-12-13-21(28)22(14-18)32(35)36/h2-15,24H,1H3,(H,29,33). The molecule has 0 saturated heterocycles. The van der Waals surface area contributed by atoms with Gasteiger partial charge >= 0.3 is 5.97 Å². The number of esters is 1. The van der Waals surface area contributed by atoms with Gasteiger partial charge in [-0.2, -0.15) is 5.10 Å². The Morgan fingerprint density at radius 2 is 1.74 bits per heavy atom. The predicted molar refractivity (Wildman–Crippen MR) is 145 cm³/mol. The number of nitrogens with one attached hydrogen (secondary N) is 1. The minimum Gasteiger partial charge on any atom is -0.443 e. The summed E-state index contributed by atoms with van der Waals surface area (Å²) in [4.78, 5) is 38.2. The molecular weight excluding hydrogens is 528 g/mol. The van der Waals surface area contributed by atoms with Crippen molar-refractivity contribution in [1.29, 1.82) is 0 Å². The first-order valence-electron chi connectivity index (χ1n) is 11.4. The second-order valence-corrected chi connectivity index (χ2v) is 9.71. The highest BCUT2D eigenvalue weighted by Crippen LogP contribution is 2.33. The van der Waals surface area contributed by atoms with Crippen molar-refractivity contribution in [3.8, 4) is 5.69 Å². The SMILES string of the molecule is Cc1nn(-c2ccccc2)c2sc(C(=O)OC(C(=O)Nc3ccc(Cl)c([N+](=O)[O-])c3)c3ccccc3)cc12. The number of carbonyl (C=O) groups is 2. The number of aryl methyl sites for hydroxylation is 1. The monoisotopic (exact) mass is 546 g/mol. The molecule has 1 atom stereocenters. The van der Waals surface area contributed by atoms with Crippen LogP contribution in [0.5, 0.6) is 0 Å². The number of para-hydroxylation sites is 1. The van der Waals surface area contributed by atoms with Gasteiger partial charge in [0.2, 0.25) is 6.10 Å². The van der Waals surface area contributed by atoms with E-state index in [0.29, 0.717) is 10.4 Å². The number of amides is 1. The number of anilines is 1. The predicted octanol–water partition coefficient (Wildman–Crippen LogP) is 6.49. The van der Waals surface area contributed by atoms with Crippen molar-refractivity contribution < 1.29 is 19.2 Å². The largest absolute Gasteiger partial charge is 0.443 e. The van der Waals surface area contributed by atoms with Crippen LogP contribution >= 0.6 is 22.9 Å². The zero-order valence-electron chi connectivity index (χ0n) is 19.8. The van der Waals surface area contributed by atoms with Gasteiger partial charge in [-0.3, -0.25) is 14.9 Å². The van der Waals surface area contributed by atoms with E-state index in [1.54, 1.807) is 41.1 Å². The number of aromatic nitrogens is 2. The topological polar surface area (TPSA) is 116 Å². The van der Waals surface area contributed by atoms with E-state index in [4.69, 9.17) is 16.3 Å². The number of fused-ring (bicyclic) bond motifs is 1. The minimum atomic E-state index is -1.31. The number of ether oxygens (including phenoxy) is 1. The van der Waals surface area contributed by atoms with Gasteiger partial charge in [0.1, 0.15) is 14.7 Å². The second-order valence-electron chi connectivity index (χ2n) is 8.27. The maximum Gasteiger partial charge on any atom is 0.349 e. The molecule has 11 heteroatoms. The van der Waals surface area contributed by atoms with Crippen LogP contribution in [0.1, 0.15) is 27.0 Å². The summed E-state index contributed by atoms with van der Waals surface area (Å²) in [5.74, 6) is -1.36. The van der Waals surface area contributed by atoms with E-state index in [2.05, 4.69) is 10.4 Å². The summed E-state index contributed by atoms with van der Waals surface area (Å²) in [6.07, 6.45) is -1.31. The number of nitro benzene ring substituents is 1. The van der Waals surface area contributed by atoms with Crippen molar-refractivity contribution in [2.75, 3.05) is 5.32 Å². The molecular formula is C27H19ClN4O5S. The van der Waals surface area contributed by atoms with Gasteiger partial charge in [-0.05, 0) is 37.3 Å². The molecule has 1 amide bonds. The third-order valence-electron chi connectivity index (χ3n) is 5.72. The minimum absolute atomic E-state index is 0.0619. The highest BCUT2D eigenvalue weighted by molar-refractivity contribution is 7.20. The first-order chi connectivity index (χ1) is 18.3. The van der Waals surface area contributed by atoms with Gasteiger partial charge in [0.15, 0.2) is 0 Å². The summed E-state index contributed by atoms with van der Waals surface area (Å²) in [5, 5.41) is 19.2. The van der Waals surface area contributed by atoms with Crippen molar-refractivity contribution >= 4 is 56.4 Å². The molecule has 3 aromatic carbocycles. The van der Waals surface area contributed by atoms with E-state index >= 15 is 0 Å². The first-order valence-corrected chi connectivity index (χ1v) is 12.6. The smallest absolute Gasteiger partial charge is 0.349 e. The third-order valence-corrected chi connectivity index (χ3v) is 7.13. The van der Waals surface area contributed by atoms with Gasteiger partial charge in [0, 0.05) is 22.7 Å². The van der Waals surface area contributed by atoms with Crippen LogP contribution in [0.3, 0.4) is 0 Å². The van der Waals surface area contributed by atoms with Gasteiger partial charge < -0.3 is 10.1 Å². The van der Waals surface area contributed by atoms with E-state index in [1.165, 1.54) is 23.5 Å². The van der Waals surface area contributed by atoms with Crippen LogP contribution in [0, 0.1) is 17.0 Å². The first kappa shape index (κ1) is 25.1. The summed E-state index contributed by atoms with van der Waals surface area (Å²) >= 11 is 7.09. The molecule has 9 nitrogen and oxygen atoms in total. The number of thiophene rings is 1. The number of nitro groups is 1. The lowest BCUT2D eigenvalue weighted by Gasteiger charge is -2.18. The highest BCUT2D eigenvalue weighted by atomic mass is 35.5. The van der Waals surface area contributed by atoms with Crippen LogP contribution in [-0.4, -0.2) is 26.6 Å². The lowest BCUT2D eigenvalue weighted by molar-refractivity contribution is -0.384. The lowest BCUT2D eigenvalue weighted by Crippen LogP contribution is -2.25. The number of carbonyl (C=O) groups excluding carboxylic acids is 2. The van der Waals surface area contributed by atoms with Gasteiger partial charge in [0.25, 0.3) is 11.6 Å². The quantitative estimate of drug-likeness (QED) is 0.142. The van der Waals surface area contributed by atoms with Crippen LogP contribution in [0.2, 0.25) is 5.02 Å². The van der Waals surface area contributed by atoms with E-state index in [1.807, 2.05) is 37.3 Å². The lowest BCUT2D eigenvalue weighted by atomic mass is 10.1. The molecule has 1 N–H and O–H groups in total. The molecule has 0 aliphatic heterocycles. The van der Waals surface area contributed by atoms with Crippen LogP contribution in [0.25, 0.3) is 15.9 Å². The van der Waals surface area contributed by atoms with Crippen LogP contribution in [0.15, 0.2) is 84.9 Å². The highest BCUT2D eigenvalue weighted by Gasteiger charge is 2.28. The molecule has 1 unspecified atom stereocenters. The molecule has 5 aromatic rings. The molecule has 0 bridgehead atoms. The number of hydrogen-bond donors (Lipinski definition) is 1. The van der Waals surface area contributed by atoms with E-state index in [9.17, 15) is 19.7 Å². The van der Waals surface area contributed by atoms with Crippen molar-refractivity contribution in [3.63, 3.8) is 0 Å². The van der Waals surface area contributed by atoms with Gasteiger partial charge in [0.05, 0.1) is 16.3 Å². The fourth-order valence-electron chi connectivity index (χ4n) is 3.90. The molecule has 2 heterocycles. The summed E-state index contributed by atoms with van der Waals surface area (Å²) in [7, 11) is 0. The zero-order valence-corrected chi connectivity index (χ0v) is 21.4. The van der Waals surface area contributed by atoms with Gasteiger partial charge in [-0.1, -0.05) is 60.1 Å². The maximum atomic E-state index is 13.3. The Morgan fingerprint density at radius 3 is 2.42 bits per heavy atom. The Balaban J connectivity index is 1.44. The van der Waals surface area contributed by atoms with Crippen LogP contribution < -0.4 is 5.32 Å². The van der Waals surface area contributed by atoms with Crippen molar-refractivity contribution in [2.24, 2.45) is 0 Å². The molecule has 0 aliphatic rings. The van der Waals surface area contributed by atoms with E-state index < -0.39 is 22.9 Å². The molecule has 0 radical (unpaired) electrons. The second kappa shape index (κ2) is 10.4. The number of hydrogen-bond acceptors (Lipinski definition) is 7. The molecule has 0 fully saturated rings. The molecule has 0 spiro atoms. The molecule has 2 aromatic heterocycles. The van der Waals surface area contributed by atoms with Crippen molar-refractivity contribution in [2.45, 2.75) is 13.0 Å². The van der Waals surface area contributed by atoms with Crippen molar-refractivity contribution in [1.82, 2.24) is 9.78 Å². The van der Waals surface area contributed by atoms with Crippen molar-refractivity contribution in [3.05, 3.63) is 116 Å². The van der Waals surface area contributed by atoms with E-state index in [-0.39, 0.29) is 16.4 Å². The zero-order chi connectivity index (χ0) is 26.8. The normalized spacial score (nSPS) is 11.7. The Bertz CT molecular complexity index is 1670. The Morgan fingerprint density at radius 1 is 1.05 bits per heavy atom. The Kier molecular flexibility index (Phi) is 6.91. The Hall–Kier alpha value is -4.54. The molecule has 0 saturated carbocycles. The number of nitrogens with zero attached hydrogens (tertiary/aromatic N) is 3. The van der Waals surface area contributed by atoms with Crippen LogP contribution in [0.4, 0.5) is 11.4 Å². The fraction of sp³-hybridized carbons (Fsp3) is 0.0741. The van der Waals surface area contributed by atoms with Crippen LogP contribution in [-0.2, 0) is 9.53 Å². The fourth-order valence-corrected chi connectivity index (χ4v) is 5.15. The number of halogens is 1. The van der Waals surface area contributed by atoms with Gasteiger partial charge in [-0.25, -0.2) is 9.48 Å². The summed E-state index contributed by atoms with van der Waals surface area (Å²) < 4.78 is 7.48. The molecule has 5 rings (SSSR count). The number of benzene rings is 3.